The van der Waals surface area contributed by atoms with E-state index in [-0.39, 0.29) is 23.5 Å². The smallest absolute Gasteiger partial charge is 0.130 e. The minimum Gasteiger partial charge on any atom is -0.393 e. The van der Waals surface area contributed by atoms with Crippen molar-refractivity contribution in [3.63, 3.8) is 0 Å². The first-order valence-electron chi connectivity index (χ1n) is 9.46. The van der Waals surface area contributed by atoms with E-state index in [1.165, 1.54) is 0 Å². The quantitative estimate of drug-likeness (QED) is 0.601. The molecule has 4 rings (SSSR count). The number of aliphatic hydroxyl groups is 3. The summed E-state index contributed by atoms with van der Waals surface area (Å²) in [5.74, 6) is 5.11. The number of hydrogen-bond acceptors (Lipinski definition) is 3. The van der Waals surface area contributed by atoms with Crippen LogP contribution in [0.3, 0.4) is 0 Å². The number of hydrogen-bond donors (Lipinski definition) is 3. The lowest BCUT2D eigenvalue weighted by Crippen LogP contribution is -2.56. The normalized spacial score (nSPS) is 58.7. The highest BCUT2D eigenvalue weighted by molar-refractivity contribution is 5.23. The third-order valence-electron chi connectivity index (χ3n) is 8.37. The number of rotatable bonds is 0. The van der Waals surface area contributed by atoms with Gasteiger partial charge in [0.1, 0.15) is 5.60 Å². The van der Waals surface area contributed by atoms with Gasteiger partial charge in [0.05, 0.1) is 12.2 Å². The van der Waals surface area contributed by atoms with Gasteiger partial charge < -0.3 is 15.3 Å². The molecule has 0 aromatic carbocycles. The van der Waals surface area contributed by atoms with Crippen molar-refractivity contribution < 1.29 is 15.3 Å². The molecule has 4 aliphatic carbocycles. The summed E-state index contributed by atoms with van der Waals surface area (Å²) in [5, 5.41) is 31.7. The summed E-state index contributed by atoms with van der Waals surface area (Å²) < 4.78 is 0. The number of terminal acetylenes is 1. The van der Waals surface area contributed by atoms with Crippen molar-refractivity contribution in [3.05, 3.63) is 0 Å². The molecule has 23 heavy (non-hydrogen) atoms. The Balaban J connectivity index is 1.63. The second kappa shape index (κ2) is 5.22. The molecule has 4 fully saturated rings. The van der Waals surface area contributed by atoms with Gasteiger partial charge in [0, 0.05) is 5.41 Å². The zero-order chi connectivity index (χ0) is 16.4. The van der Waals surface area contributed by atoms with Crippen LogP contribution in [0.4, 0.5) is 0 Å². The van der Waals surface area contributed by atoms with Crippen LogP contribution in [0.2, 0.25) is 0 Å². The summed E-state index contributed by atoms with van der Waals surface area (Å²) in [5.41, 5.74) is -1.16. The van der Waals surface area contributed by atoms with Crippen LogP contribution in [-0.2, 0) is 0 Å². The van der Waals surface area contributed by atoms with Crippen LogP contribution in [0.1, 0.15) is 58.3 Å². The van der Waals surface area contributed by atoms with Gasteiger partial charge in [-0.05, 0) is 81.0 Å². The zero-order valence-corrected chi connectivity index (χ0v) is 14.1. The van der Waals surface area contributed by atoms with Crippen molar-refractivity contribution in [3.8, 4) is 12.3 Å². The van der Waals surface area contributed by atoms with E-state index >= 15 is 0 Å². The SMILES string of the molecule is C#C[C@]1(O)CC[C@H]2[C@@H]3CC(O)C4CC(O)CC[C@@H]4[C@H]3CC[C@@]21C. The highest BCUT2D eigenvalue weighted by atomic mass is 16.3. The van der Waals surface area contributed by atoms with Crippen molar-refractivity contribution in [1.82, 2.24) is 0 Å². The van der Waals surface area contributed by atoms with Crippen LogP contribution in [-0.4, -0.2) is 33.1 Å². The van der Waals surface area contributed by atoms with Crippen molar-refractivity contribution in [1.29, 1.82) is 0 Å². The maximum absolute atomic E-state index is 10.9. The van der Waals surface area contributed by atoms with Crippen LogP contribution in [0.25, 0.3) is 0 Å². The van der Waals surface area contributed by atoms with Gasteiger partial charge in [-0.3, -0.25) is 0 Å². The monoisotopic (exact) mass is 318 g/mol. The second-order valence-corrected chi connectivity index (χ2v) is 9.03. The van der Waals surface area contributed by atoms with Crippen molar-refractivity contribution in [2.45, 2.75) is 76.1 Å². The Morgan fingerprint density at radius 3 is 2.39 bits per heavy atom. The molecule has 128 valence electrons. The Morgan fingerprint density at radius 2 is 1.65 bits per heavy atom. The summed E-state index contributed by atoms with van der Waals surface area (Å²) in [6.45, 7) is 2.18. The number of fused-ring (bicyclic) bond motifs is 5. The highest BCUT2D eigenvalue weighted by Crippen LogP contribution is 2.65. The third kappa shape index (κ3) is 2.08. The van der Waals surface area contributed by atoms with Gasteiger partial charge in [0.15, 0.2) is 0 Å². The van der Waals surface area contributed by atoms with Gasteiger partial charge in [-0.2, -0.15) is 0 Å². The van der Waals surface area contributed by atoms with Gasteiger partial charge in [-0.15, -0.1) is 6.42 Å². The van der Waals surface area contributed by atoms with E-state index < -0.39 is 5.60 Å². The Labute approximate surface area is 139 Å². The molecule has 4 saturated carbocycles. The van der Waals surface area contributed by atoms with Crippen LogP contribution in [0.5, 0.6) is 0 Å². The predicted molar refractivity (Wildman–Crippen MR) is 88.3 cm³/mol. The molecule has 0 aromatic heterocycles. The average molecular weight is 318 g/mol. The fourth-order valence-electron chi connectivity index (χ4n) is 7.07. The molecule has 9 atom stereocenters. The fourth-order valence-corrected chi connectivity index (χ4v) is 7.07. The van der Waals surface area contributed by atoms with E-state index in [2.05, 4.69) is 12.8 Å². The third-order valence-corrected chi connectivity index (χ3v) is 8.37. The lowest BCUT2D eigenvalue weighted by molar-refractivity contribution is -0.143. The van der Waals surface area contributed by atoms with Gasteiger partial charge in [0.2, 0.25) is 0 Å². The summed E-state index contributed by atoms with van der Waals surface area (Å²) in [6, 6.07) is 0. The van der Waals surface area contributed by atoms with E-state index in [0.717, 1.165) is 44.9 Å². The van der Waals surface area contributed by atoms with E-state index in [0.29, 0.717) is 30.1 Å². The topological polar surface area (TPSA) is 60.7 Å². The molecular formula is C20H30O3. The zero-order valence-electron chi connectivity index (χ0n) is 14.1. The molecule has 0 bridgehead atoms. The standard InChI is InChI=1S/C20H30O3/c1-3-20(23)9-7-17-15-11-18(22)16-10-12(21)4-5-13(16)14(15)6-8-19(17,20)2/h1,12-18,21-23H,4-11H2,2H3/t12?,13-,14-,15-,16?,17+,18?,19+,20+/m1/s1. The Morgan fingerprint density at radius 1 is 0.913 bits per heavy atom. The van der Waals surface area contributed by atoms with Crippen molar-refractivity contribution in [2.75, 3.05) is 0 Å². The summed E-state index contributed by atoms with van der Waals surface area (Å²) in [6.07, 6.45) is 12.5. The predicted octanol–water partition coefficient (Wildman–Crippen LogP) is 2.33. The van der Waals surface area contributed by atoms with E-state index in [1.54, 1.807) is 0 Å². The van der Waals surface area contributed by atoms with Crippen LogP contribution in [0, 0.1) is 47.3 Å². The summed E-state index contributed by atoms with van der Waals surface area (Å²) in [7, 11) is 0. The van der Waals surface area contributed by atoms with E-state index in [1.807, 2.05) is 0 Å². The molecule has 0 saturated heterocycles. The molecule has 3 heteroatoms. The largest absolute Gasteiger partial charge is 0.393 e. The lowest BCUT2D eigenvalue weighted by atomic mass is 9.48. The second-order valence-electron chi connectivity index (χ2n) is 9.03. The molecule has 0 aromatic rings. The first kappa shape index (κ1) is 15.9. The first-order valence-corrected chi connectivity index (χ1v) is 9.46. The average Bonchev–Trinajstić information content (AvgIpc) is 2.80. The molecule has 3 nitrogen and oxygen atoms in total. The molecule has 0 aliphatic heterocycles. The van der Waals surface area contributed by atoms with E-state index in [4.69, 9.17) is 6.42 Å². The molecule has 0 heterocycles. The molecule has 0 radical (unpaired) electrons. The minimum absolute atomic E-state index is 0.191. The number of aliphatic hydroxyl groups excluding tert-OH is 2. The van der Waals surface area contributed by atoms with Crippen molar-refractivity contribution >= 4 is 0 Å². The summed E-state index contributed by atoms with van der Waals surface area (Å²) >= 11 is 0. The van der Waals surface area contributed by atoms with Crippen LogP contribution < -0.4 is 0 Å². The Bertz CT molecular complexity index is 525. The van der Waals surface area contributed by atoms with Gasteiger partial charge in [-0.1, -0.05) is 12.8 Å². The molecule has 0 amide bonds. The van der Waals surface area contributed by atoms with Gasteiger partial charge >= 0.3 is 0 Å². The fraction of sp³-hybridized carbons (Fsp3) is 0.900. The lowest BCUT2D eigenvalue weighted by Gasteiger charge is -2.57. The molecule has 4 aliphatic rings. The molecular weight excluding hydrogens is 288 g/mol. The van der Waals surface area contributed by atoms with E-state index in [9.17, 15) is 15.3 Å². The summed E-state index contributed by atoms with van der Waals surface area (Å²) in [4.78, 5) is 0. The maximum Gasteiger partial charge on any atom is 0.130 e. The van der Waals surface area contributed by atoms with Gasteiger partial charge in [-0.25, -0.2) is 0 Å². The minimum atomic E-state index is -0.965. The molecule has 3 unspecified atom stereocenters. The highest BCUT2D eigenvalue weighted by Gasteiger charge is 2.63. The Kier molecular flexibility index (Phi) is 3.61. The molecule has 3 N–H and O–H groups in total. The van der Waals surface area contributed by atoms with Gasteiger partial charge in [0.25, 0.3) is 0 Å². The maximum atomic E-state index is 10.9. The Hall–Kier alpha value is -0.560. The molecule has 0 spiro atoms. The first-order chi connectivity index (χ1) is 10.9. The van der Waals surface area contributed by atoms with Crippen molar-refractivity contribution in [2.24, 2.45) is 35.0 Å². The van der Waals surface area contributed by atoms with Crippen LogP contribution in [0.15, 0.2) is 0 Å². The van der Waals surface area contributed by atoms with Crippen LogP contribution >= 0.6 is 0 Å².